The van der Waals surface area contributed by atoms with Gasteiger partial charge in [0.05, 0.1) is 5.69 Å². The molecule has 3 aromatic rings. The first-order chi connectivity index (χ1) is 13.9. The average Bonchev–Trinajstić information content (AvgIpc) is 3.14. The fourth-order valence-corrected chi connectivity index (χ4v) is 2.75. The summed E-state index contributed by atoms with van der Waals surface area (Å²) in [6.45, 7) is 2.28. The second-order valence-electron chi connectivity index (χ2n) is 6.50. The molecular weight excluding hydrogens is 394 g/mol. The van der Waals surface area contributed by atoms with Crippen LogP contribution in [0.2, 0.25) is 5.02 Å². The molecule has 0 spiro atoms. The number of hydrogen-bond acceptors (Lipinski definition) is 5. The van der Waals surface area contributed by atoms with E-state index in [0.29, 0.717) is 28.5 Å². The quantitative estimate of drug-likeness (QED) is 0.635. The summed E-state index contributed by atoms with van der Waals surface area (Å²) in [5.74, 6) is -0.170. The maximum Gasteiger partial charge on any atom is 0.411 e. The number of nitrogens with one attached hydrogen (secondary N) is 1. The number of anilines is 1. The van der Waals surface area contributed by atoms with Gasteiger partial charge in [0.15, 0.2) is 0 Å². The number of halogens is 1. The topological polar surface area (TPSA) is 84.7 Å². The molecular formula is C21H20ClN3O4. The molecule has 2 amide bonds. The molecule has 2 aromatic carbocycles. The van der Waals surface area contributed by atoms with Crippen LogP contribution in [0.4, 0.5) is 10.5 Å². The summed E-state index contributed by atoms with van der Waals surface area (Å²) in [5.41, 5.74) is 3.34. The normalized spacial score (nSPS) is 10.4. The van der Waals surface area contributed by atoms with Crippen molar-refractivity contribution < 1.29 is 18.8 Å². The lowest BCUT2D eigenvalue weighted by Gasteiger charge is -2.17. The summed E-state index contributed by atoms with van der Waals surface area (Å²) < 4.78 is 10.0. The Balaban J connectivity index is 1.50. The Kier molecular flexibility index (Phi) is 6.51. The molecule has 8 heteroatoms. The average molecular weight is 414 g/mol. The Morgan fingerprint density at radius 3 is 2.38 bits per heavy atom. The molecule has 0 aliphatic heterocycles. The molecule has 3 rings (SSSR count). The van der Waals surface area contributed by atoms with Crippen molar-refractivity contribution in [3.8, 4) is 0 Å². The van der Waals surface area contributed by atoms with Gasteiger partial charge < -0.3 is 14.2 Å². The second-order valence-corrected chi connectivity index (χ2v) is 6.94. The Bertz CT molecular complexity index is 984. The monoisotopic (exact) mass is 413 g/mol. The van der Waals surface area contributed by atoms with Crippen molar-refractivity contribution in [1.29, 1.82) is 0 Å². The lowest BCUT2D eigenvalue weighted by atomic mass is 10.1. The first-order valence-electron chi connectivity index (χ1n) is 8.86. The minimum Gasteiger partial charge on any atom is -0.444 e. The number of carbonyl (C=O) groups excluding carboxylic acids is 2. The molecule has 1 aromatic heterocycles. The number of ether oxygens (including phenoxy) is 1. The van der Waals surface area contributed by atoms with Crippen molar-refractivity contribution in [3.05, 3.63) is 82.2 Å². The fourth-order valence-electron chi connectivity index (χ4n) is 2.63. The van der Waals surface area contributed by atoms with Crippen molar-refractivity contribution >= 4 is 29.3 Å². The number of benzene rings is 2. The Hall–Kier alpha value is -3.32. The Morgan fingerprint density at radius 1 is 1.10 bits per heavy atom. The molecule has 1 N–H and O–H groups in total. The third-order valence-corrected chi connectivity index (χ3v) is 4.48. The highest BCUT2D eigenvalue weighted by Gasteiger charge is 2.17. The van der Waals surface area contributed by atoms with Crippen LogP contribution < -0.4 is 5.32 Å². The first-order valence-corrected chi connectivity index (χ1v) is 9.24. The minimum atomic E-state index is -0.553. The molecule has 0 saturated carbocycles. The molecule has 0 bridgehead atoms. The number of amides is 2. The first kappa shape index (κ1) is 20.4. The molecule has 0 atom stereocenters. The van der Waals surface area contributed by atoms with Gasteiger partial charge in [-0.25, -0.2) is 4.79 Å². The van der Waals surface area contributed by atoms with Gasteiger partial charge in [-0.2, -0.15) is 0 Å². The van der Waals surface area contributed by atoms with Crippen LogP contribution in [0.25, 0.3) is 0 Å². The standard InChI is InChI=1S/C21H20ClN3O4/c1-14-19(13-29-24-14)20(26)25(2)11-15-5-9-18(10-6-15)23-21(27)28-12-16-3-7-17(22)8-4-16/h3-10,13H,11-12H2,1-2H3,(H,23,27). The second kappa shape index (κ2) is 9.25. The number of rotatable bonds is 6. The van der Waals surface area contributed by atoms with Gasteiger partial charge in [0.2, 0.25) is 0 Å². The molecule has 1 heterocycles. The van der Waals surface area contributed by atoms with Gasteiger partial charge >= 0.3 is 6.09 Å². The number of hydrogen-bond donors (Lipinski definition) is 1. The van der Waals surface area contributed by atoms with E-state index in [1.54, 1.807) is 55.3 Å². The van der Waals surface area contributed by atoms with Crippen molar-refractivity contribution in [2.24, 2.45) is 0 Å². The smallest absolute Gasteiger partial charge is 0.411 e. The van der Waals surface area contributed by atoms with E-state index in [0.717, 1.165) is 11.1 Å². The summed E-state index contributed by atoms with van der Waals surface area (Å²) >= 11 is 5.83. The molecule has 0 radical (unpaired) electrons. The van der Waals surface area contributed by atoms with E-state index in [1.807, 2.05) is 12.1 Å². The van der Waals surface area contributed by atoms with Crippen LogP contribution in [0.3, 0.4) is 0 Å². The molecule has 150 valence electrons. The van der Waals surface area contributed by atoms with Gasteiger partial charge in [0, 0.05) is 24.3 Å². The van der Waals surface area contributed by atoms with E-state index < -0.39 is 6.09 Å². The SMILES string of the molecule is Cc1nocc1C(=O)N(C)Cc1ccc(NC(=O)OCc2ccc(Cl)cc2)cc1. The highest BCUT2D eigenvalue weighted by Crippen LogP contribution is 2.15. The van der Waals surface area contributed by atoms with Crippen molar-refractivity contribution in [2.45, 2.75) is 20.1 Å². The maximum atomic E-state index is 12.4. The predicted molar refractivity (Wildman–Crippen MR) is 109 cm³/mol. The van der Waals surface area contributed by atoms with E-state index in [9.17, 15) is 9.59 Å². The molecule has 7 nitrogen and oxygen atoms in total. The summed E-state index contributed by atoms with van der Waals surface area (Å²) in [6, 6.07) is 14.2. The van der Waals surface area contributed by atoms with Crippen LogP contribution in [0.15, 0.2) is 59.3 Å². The zero-order chi connectivity index (χ0) is 20.8. The third-order valence-electron chi connectivity index (χ3n) is 4.23. The van der Waals surface area contributed by atoms with Crippen LogP contribution in [0, 0.1) is 6.92 Å². The summed E-state index contributed by atoms with van der Waals surface area (Å²) in [6.07, 6.45) is 0.791. The van der Waals surface area contributed by atoms with Gasteiger partial charge in [0.1, 0.15) is 18.4 Å². The van der Waals surface area contributed by atoms with Crippen LogP contribution in [0.1, 0.15) is 27.2 Å². The number of carbonyl (C=O) groups is 2. The van der Waals surface area contributed by atoms with Crippen molar-refractivity contribution in [3.63, 3.8) is 0 Å². The van der Waals surface area contributed by atoms with Crippen LogP contribution in [-0.4, -0.2) is 29.1 Å². The van der Waals surface area contributed by atoms with Gasteiger partial charge in [0.25, 0.3) is 5.91 Å². The van der Waals surface area contributed by atoms with Gasteiger partial charge in [-0.1, -0.05) is 41.0 Å². The zero-order valence-corrected chi connectivity index (χ0v) is 16.8. The fraction of sp³-hybridized carbons (Fsp3) is 0.190. The van der Waals surface area contributed by atoms with Crippen molar-refractivity contribution in [2.75, 3.05) is 12.4 Å². The van der Waals surface area contributed by atoms with Crippen LogP contribution in [0.5, 0.6) is 0 Å². The largest absolute Gasteiger partial charge is 0.444 e. The minimum absolute atomic E-state index is 0.149. The molecule has 0 saturated heterocycles. The lowest BCUT2D eigenvalue weighted by molar-refractivity contribution is 0.0783. The summed E-state index contributed by atoms with van der Waals surface area (Å²) in [4.78, 5) is 25.9. The highest BCUT2D eigenvalue weighted by molar-refractivity contribution is 6.30. The molecule has 0 fully saturated rings. The van der Waals surface area contributed by atoms with E-state index in [2.05, 4.69) is 10.5 Å². The summed E-state index contributed by atoms with van der Waals surface area (Å²) in [7, 11) is 1.70. The highest BCUT2D eigenvalue weighted by atomic mass is 35.5. The van der Waals surface area contributed by atoms with Gasteiger partial charge in [-0.05, 0) is 42.3 Å². The zero-order valence-electron chi connectivity index (χ0n) is 16.0. The van der Waals surface area contributed by atoms with Crippen LogP contribution in [-0.2, 0) is 17.9 Å². The summed E-state index contributed by atoms with van der Waals surface area (Å²) in [5, 5.41) is 7.02. The van der Waals surface area contributed by atoms with Gasteiger partial charge in [-0.3, -0.25) is 10.1 Å². The number of aryl methyl sites for hydroxylation is 1. The number of aromatic nitrogens is 1. The van der Waals surface area contributed by atoms with E-state index in [4.69, 9.17) is 20.9 Å². The molecule has 0 aliphatic carbocycles. The van der Waals surface area contributed by atoms with E-state index in [1.165, 1.54) is 6.26 Å². The lowest BCUT2D eigenvalue weighted by Crippen LogP contribution is -2.26. The van der Waals surface area contributed by atoms with E-state index >= 15 is 0 Å². The third kappa shape index (κ3) is 5.58. The van der Waals surface area contributed by atoms with Gasteiger partial charge in [-0.15, -0.1) is 0 Å². The van der Waals surface area contributed by atoms with E-state index in [-0.39, 0.29) is 12.5 Å². The Labute approximate surface area is 173 Å². The predicted octanol–water partition coefficient (Wildman–Crippen LogP) is 4.66. The molecule has 0 aliphatic rings. The molecule has 0 unspecified atom stereocenters. The Morgan fingerprint density at radius 2 is 1.76 bits per heavy atom. The molecule has 29 heavy (non-hydrogen) atoms. The van der Waals surface area contributed by atoms with Crippen LogP contribution >= 0.6 is 11.6 Å². The van der Waals surface area contributed by atoms with Crippen molar-refractivity contribution in [1.82, 2.24) is 10.1 Å². The maximum absolute atomic E-state index is 12.4. The number of nitrogens with zero attached hydrogens (tertiary/aromatic N) is 2.